The molecule has 3 atom stereocenters. The fourth-order valence-corrected chi connectivity index (χ4v) is 6.32. The minimum Gasteiger partial charge on any atom is -0.459 e. The van der Waals surface area contributed by atoms with Gasteiger partial charge in [-0.2, -0.15) is 0 Å². The van der Waals surface area contributed by atoms with Crippen molar-refractivity contribution < 1.29 is 19.4 Å². The molecule has 36 heavy (non-hydrogen) atoms. The second-order valence-electron chi connectivity index (χ2n) is 10.5. The van der Waals surface area contributed by atoms with E-state index >= 15 is 0 Å². The van der Waals surface area contributed by atoms with Crippen LogP contribution in [0.25, 0.3) is 11.1 Å². The third kappa shape index (κ3) is 4.96. The zero-order chi connectivity index (χ0) is 25.1. The molecule has 1 aliphatic heterocycles. The number of aliphatic hydroxyl groups is 1. The van der Waals surface area contributed by atoms with Gasteiger partial charge in [-0.15, -0.1) is 0 Å². The molecule has 192 valence electrons. The molecule has 2 aromatic rings. The SMILES string of the molecule is CCO[C@@H]1OC(C(=O)N(C)C2CCCCC2)=C[C@H](c2ccc3c(c2)Cc2ccccc2-3)[C@H]1CCCO. The number of carbonyl (C=O) groups excluding carboxylic acids is 1. The summed E-state index contributed by atoms with van der Waals surface area (Å²) >= 11 is 0. The molecule has 2 aromatic carbocycles. The Morgan fingerprint density at radius 1 is 1.08 bits per heavy atom. The van der Waals surface area contributed by atoms with Crippen LogP contribution in [0.1, 0.15) is 74.5 Å². The average molecular weight is 490 g/mol. The highest BCUT2D eigenvalue weighted by Gasteiger charge is 2.39. The van der Waals surface area contributed by atoms with Crippen molar-refractivity contribution in [2.45, 2.75) is 76.5 Å². The minimum atomic E-state index is -0.513. The van der Waals surface area contributed by atoms with Crippen molar-refractivity contribution in [2.24, 2.45) is 5.92 Å². The number of rotatable bonds is 8. The number of benzene rings is 2. The van der Waals surface area contributed by atoms with E-state index in [9.17, 15) is 9.90 Å². The molecule has 1 fully saturated rings. The van der Waals surface area contributed by atoms with Crippen LogP contribution in [0.5, 0.6) is 0 Å². The molecule has 5 nitrogen and oxygen atoms in total. The summed E-state index contributed by atoms with van der Waals surface area (Å²) < 4.78 is 12.3. The Hall–Kier alpha value is -2.63. The molecule has 0 aromatic heterocycles. The summed E-state index contributed by atoms with van der Waals surface area (Å²) in [6, 6.07) is 15.6. The van der Waals surface area contributed by atoms with Gasteiger partial charge in [-0.05, 0) is 72.9 Å². The van der Waals surface area contributed by atoms with Crippen LogP contribution in [0.4, 0.5) is 0 Å². The van der Waals surface area contributed by atoms with Crippen LogP contribution < -0.4 is 0 Å². The first kappa shape index (κ1) is 25.0. The molecule has 0 bridgehead atoms. The van der Waals surface area contributed by atoms with Gasteiger partial charge in [-0.1, -0.05) is 61.7 Å². The van der Waals surface area contributed by atoms with Crippen LogP contribution >= 0.6 is 0 Å². The largest absolute Gasteiger partial charge is 0.459 e. The Kier molecular flexibility index (Phi) is 7.78. The molecule has 0 saturated heterocycles. The van der Waals surface area contributed by atoms with E-state index in [1.807, 2.05) is 24.9 Å². The van der Waals surface area contributed by atoms with Crippen LogP contribution in [0, 0.1) is 5.92 Å². The number of hydrogen-bond donors (Lipinski definition) is 1. The Morgan fingerprint density at radius 3 is 2.64 bits per heavy atom. The predicted molar refractivity (Wildman–Crippen MR) is 141 cm³/mol. The molecule has 0 spiro atoms. The zero-order valence-corrected chi connectivity index (χ0v) is 21.6. The maximum Gasteiger partial charge on any atom is 0.288 e. The molecule has 5 rings (SSSR count). The smallest absolute Gasteiger partial charge is 0.288 e. The number of nitrogens with zero attached hydrogens (tertiary/aromatic N) is 1. The van der Waals surface area contributed by atoms with Gasteiger partial charge in [0, 0.05) is 38.1 Å². The second-order valence-corrected chi connectivity index (χ2v) is 10.5. The van der Waals surface area contributed by atoms with Crippen molar-refractivity contribution in [1.82, 2.24) is 4.90 Å². The van der Waals surface area contributed by atoms with Gasteiger partial charge in [0.2, 0.25) is 6.29 Å². The number of fused-ring (bicyclic) bond motifs is 3. The summed E-state index contributed by atoms with van der Waals surface area (Å²) in [5.74, 6) is 0.353. The monoisotopic (exact) mass is 489 g/mol. The second kappa shape index (κ2) is 11.2. The van der Waals surface area contributed by atoms with E-state index in [1.54, 1.807) is 0 Å². The number of allylic oxidation sites excluding steroid dienone is 1. The first-order valence-electron chi connectivity index (χ1n) is 13.7. The summed E-state index contributed by atoms with van der Waals surface area (Å²) in [5, 5.41) is 9.60. The van der Waals surface area contributed by atoms with Crippen LogP contribution in [0.15, 0.2) is 54.3 Å². The third-order valence-corrected chi connectivity index (χ3v) is 8.27. The van der Waals surface area contributed by atoms with Gasteiger partial charge < -0.3 is 19.5 Å². The Bertz CT molecular complexity index is 1100. The predicted octanol–water partition coefficient (Wildman–Crippen LogP) is 5.80. The number of carbonyl (C=O) groups is 1. The third-order valence-electron chi connectivity index (χ3n) is 8.27. The van der Waals surface area contributed by atoms with Crippen LogP contribution in [-0.4, -0.2) is 48.5 Å². The highest BCUT2D eigenvalue weighted by Crippen LogP contribution is 2.43. The number of amides is 1. The fourth-order valence-electron chi connectivity index (χ4n) is 6.32. The van der Waals surface area contributed by atoms with Crippen molar-refractivity contribution >= 4 is 5.91 Å². The minimum absolute atomic E-state index is 0.0189. The van der Waals surface area contributed by atoms with Gasteiger partial charge in [-0.25, -0.2) is 0 Å². The van der Waals surface area contributed by atoms with E-state index in [4.69, 9.17) is 9.47 Å². The zero-order valence-electron chi connectivity index (χ0n) is 21.6. The summed E-state index contributed by atoms with van der Waals surface area (Å²) in [4.78, 5) is 15.5. The van der Waals surface area contributed by atoms with E-state index < -0.39 is 6.29 Å². The lowest BCUT2D eigenvalue weighted by Gasteiger charge is -2.39. The molecule has 1 heterocycles. The highest BCUT2D eigenvalue weighted by atomic mass is 16.7. The van der Waals surface area contributed by atoms with Crippen LogP contribution in [-0.2, 0) is 20.7 Å². The Morgan fingerprint density at radius 2 is 1.86 bits per heavy atom. The molecule has 2 aliphatic carbocycles. The van der Waals surface area contributed by atoms with Crippen molar-refractivity contribution in [3.63, 3.8) is 0 Å². The van der Waals surface area contributed by atoms with Crippen LogP contribution in [0.2, 0.25) is 0 Å². The molecule has 5 heteroatoms. The van der Waals surface area contributed by atoms with Gasteiger partial charge in [0.25, 0.3) is 5.91 Å². The van der Waals surface area contributed by atoms with E-state index in [0.29, 0.717) is 18.8 Å². The average Bonchev–Trinajstić information content (AvgIpc) is 3.29. The molecule has 1 N–H and O–H groups in total. The fraction of sp³-hybridized carbons (Fsp3) is 0.516. The first-order valence-corrected chi connectivity index (χ1v) is 13.7. The maximum absolute atomic E-state index is 13.6. The molecule has 0 radical (unpaired) electrons. The van der Waals surface area contributed by atoms with Gasteiger partial charge in [-0.3, -0.25) is 4.79 Å². The number of aliphatic hydroxyl groups excluding tert-OH is 1. The van der Waals surface area contributed by atoms with Crippen molar-refractivity contribution in [3.8, 4) is 11.1 Å². The molecular formula is C31H39NO4. The van der Waals surface area contributed by atoms with Gasteiger partial charge >= 0.3 is 0 Å². The first-order chi connectivity index (χ1) is 17.6. The number of likely N-dealkylation sites (N-methyl/N-ethyl adjacent to an activating group) is 1. The summed E-state index contributed by atoms with van der Waals surface area (Å²) in [7, 11) is 1.91. The Balaban J connectivity index is 1.49. The lowest BCUT2D eigenvalue weighted by molar-refractivity contribution is -0.170. The van der Waals surface area contributed by atoms with Crippen molar-refractivity contribution in [3.05, 3.63) is 71.0 Å². The van der Waals surface area contributed by atoms with Gasteiger partial charge in [0.15, 0.2) is 5.76 Å². The summed E-state index contributed by atoms with van der Waals surface area (Å²) in [5.41, 5.74) is 6.49. The van der Waals surface area contributed by atoms with Crippen LogP contribution in [0.3, 0.4) is 0 Å². The molecule has 1 amide bonds. The van der Waals surface area contributed by atoms with E-state index in [1.165, 1.54) is 47.1 Å². The van der Waals surface area contributed by atoms with Gasteiger partial charge in [0.1, 0.15) is 0 Å². The molecule has 0 unspecified atom stereocenters. The summed E-state index contributed by atoms with van der Waals surface area (Å²) in [6.45, 7) is 2.59. The maximum atomic E-state index is 13.6. The Labute approximate surface area is 215 Å². The standard InChI is InChI=1S/C31H39NO4/c1-3-35-31-27(14-9-17-33)28(20-29(36-31)30(34)32(2)24-11-5-4-6-12-24)22-15-16-26-23(19-22)18-21-10-7-8-13-25(21)26/h7-8,10,13,15-16,19-20,24,27-28,31,33H,3-6,9,11-12,14,17-18H2,1-2H3/t27-,28-,31-/m1/s1. The number of ether oxygens (including phenoxy) is 2. The van der Waals surface area contributed by atoms with Gasteiger partial charge in [0.05, 0.1) is 0 Å². The lowest BCUT2D eigenvalue weighted by Crippen LogP contribution is -2.43. The topological polar surface area (TPSA) is 59.0 Å². The van der Waals surface area contributed by atoms with Crippen molar-refractivity contribution in [1.29, 1.82) is 0 Å². The molecule has 3 aliphatic rings. The normalized spacial score (nSPS) is 23.4. The lowest BCUT2D eigenvalue weighted by atomic mass is 9.79. The quantitative estimate of drug-likeness (QED) is 0.435. The molecule has 1 saturated carbocycles. The summed E-state index contributed by atoms with van der Waals surface area (Å²) in [6.07, 6.45) is 9.59. The van der Waals surface area contributed by atoms with Crippen molar-refractivity contribution in [2.75, 3.05) is 20.3 Å². The number of hydrogen-bond acceptors (Lipinski definition) is 4. The molecular weight excluding hydrogens is 450 g/mol. The van der Waals surface area contributed by atoms with E-state index in [-0.39, 0.29) is 30.4 Å². The van der Waals surface area contributed by atoms with E-state index in [2.05, 4.69) is 42.5 Å². The highest BCUT2D eigenvalue weighted by molar-refractivity contribution is 5.92. The van der Waals surface area contributed by atoms with E-state index in [0.717, 1.165) is 25.7 Å².